The third-order valence-electron chi connectivity index (χ3n) is 2.32. The number of benzene rings is 1. The number of nitrogens with two attached hydrogens (primary N) is 1. The zero-order chi connectivity index (χ0) is 11.2. The first-order valence-electron chi connectivity index (χ1n) is 5.36. The number of rotatable bonds is 5. The lowest BCUT2D eigenvalue weighted by Gasteiger charge is -2.07. The first-order chi connectivity index (χ1) is 7.86. The van der Waals surface area contributed by atoms with Crippen LogP contribution < -0.4 is 10.5 Å². The standard InChI is InChI=1S/C13H15NOS/c14-12-7-1-2-8-13(12)15-9-3-5-11-6-4-10-16-11/h1-2,4,6-8,10H,3,5,9,14H2. The van der Waals surface area contributed by atoms with E-state index in [1.54, 1.807) is 11.3 Å². The molecular formula is C13H15NOS. The van der Waals surface area contributed by atoms with E-state index in [1.807, 2.05) is 24.3 Å². The fourth-order valence-corrected chi connectivity index (χ4v) is 2.25. The van der Waals surface area contributed by atoms with Crippen LogP contribution in [-0.4, -0.2) is 6.61 Å². The second-order valence-corrected chi connectivity index (χ2v) is 4.60. The Balaban J connectivity index is 1.74. The summed E-state index contributed by atoms with van der Waals surface area (Å²) >= 11 is 1.79. The molecule has 0 atom stereocenters. The normalized spacial score (nSPS) is 10.2. The molecule has 0 saturated heterocycles. The third-order valence-corrected chi connectivity index (χ3v) is 3.26. The Morgan fingerprint density at radius 2 is 2.00 bits per heavy atom. The maximum absolute atomic E-state index is 5.77. The van der Waals surface area contributed by atoms with Gasteiger partial charge >= 0.3 is 0 Å². The number of anilines is 1. The van der Waals surface area contributed by atoms with E-state index in [2.05, 4.69) is 17.5 Å². The number of thiophene rings is 1. The van der Waals surface area contributed by atoms with Crippen LogP contribution in [0.1, 0.15) is 11.3 Å². The molecule has 0 aliphatic rings. The Labute approximate surface area is 99.7 Å². The molecule has 1 heterocycles. The summed E-state index contributed by atoms with van der Waals surface area (Å²) in [5.74, 6) is 0.786. The van der Waals surface area contributed by atoms with Gasteiger partial charge in [0.05, 0.1) is 12.3 Å². The largest absolute Gasteiger partial charge is 0.491 e. The van der Waals surface area contributed by atoms with Gasteiger partial charge in [0.25, 0.3) is 0 Å². The number of ether oxygens (including phenoxy) is 1. The van der Waals surface area contributed by atoms with Gasteiger partial charge in [-0.25, -0.2) is 0 Å². The van der Waals surface area contributed by atoms with Crippen molar-refractivity contribution in [2.24, 2.45) is 0 Å². The van der Waals surface area contributed by atoms with Gasteiger partial charge in [-0.05, 0) is 36.4 Å². The quantitative estimate of drug-likeness (QED) is 0.635. The average molecular weight is 233 g/mol. The summed E-state index contributed by atoms with van der Waals surface area (Å²) in [6, 6.07) is 11.8. The molecule has 16 heavy (non-hydrogen) atoms. The molecule has 0 fully saturated rings. The van der Waals surface area contributed by atoms with Crippen molar-refractivity contribution in [1.82, 2.24) is 0 Å². The van der Waals surface area contributed by atoms with Crippen molar-refractivity contribution in [3.8, 4) is 5.75 Å². The molecule has 0 radical (unpaired) electrons. The summed E-state index contributed by atoms with van der Waals surface area (Å²) in [6.07, 6.45) is 2.10. The maximum Gasteiger partial charge on any atom is 0.142 e. The predicted octanol–water partition coefficient (Wildman–Crippen LogP) is 3.34. The van der Waals surface area contributed by atoms with E-state index in [-0.39, 0.29) is 0 Å². The van der Waals surface area contributed by atoms with Crippen LogP contribution in [0.25, 0.3) is 0 Å². The van der Waals surface area contributed by atoms with E-state index in [0.717, 1.165) is 18.6 Å². The number of nitrogen functional groups attached to an aromatic ring is 1. The van der Waals surface area contributed by atoms with E-state index in [1.165, 1.54) is 4.88 Å². The highest BCUT2D eigenvalue weighted by Crippen LogP contribution is 2.20. The van der Waals surface area contributed by atoms with Crippen LogP contribution >= 0.6 is 11.3 Å². The van der Waals surface area contributed by atoms with Gasteiger partial charge in [0.2, 0.25) is 0 Å². The third kappa shape index (κ3) is 3.00. The summed E-state index contributed by atoms with van der Waals surface area (Å²) in [4.78, 5) is 1.41. The lowest BCUT2D eigenvalue weighted by molar-refractivity contribution is 0.313. The van der Waals surface area contributed by atoms with Gasteiger partial charge in [0.15, 0.2) is 0 Å². The van der Waals surface area contributed by atoms with Crippen molar-refractivity contribution in [1.29, 1.82) is 0 Å². The highest BCUT2D eigenvalue weighted by atomic mass is 32.1. The highest BCUT2D eigenvalue weighted by Gasteiger charge is 1.98. The van der Waals surface area contributed by atoms with Crippen LogP contribution in [0.5, 0.6) is 5.75 Å². The number of aryl methyl sites for hydroxylation is 1. The zero-order valence-corrected chi connectivity index (χ0v) is 9.87. The fraction of sp³-hybridized carbons (Fsp3) is 0.231. The SMILES string of the molecule is Nc1ccccc1OCCCc1cccs1. The molecule has 2 N–H and O–H groups in total. The van der Waals surface area contributed by atoms with Crippen LogP contribution in [0.2, 0.25) is 0 Å². The molecule has 2 aromatic rings. The van der Waals surface area contributed by atoms with Crippen LogP contribution in [0, 0.1) is 0 Å². The zero-order valence-electron chi connectivity index (χ0n) is 9.06. The molecule has 84 valence electrons. The van der Waals surface area contributed by atoms with Crippen molar-refractivity contribution in [3.05, 3.63) is 46.7 Å². The Bertz CT molecular complexity index is 425. The maximum atomic E-state index is 5.77. The molecule has 1 aromatic heterocycles. The van der Waals surface area contributed by atoms with E-state index in [4.69, 9.17) is 10.5 Å². The Kier molecular flexibility index (Phi) is 3.83. The summed E-state index contributed by atoms with van der Waals surface area (Å²) < 4.78 is 5.61. The Morgan fingerprint density at radius 1 is 1.12 bits per heavy atom. The molecule has 0 aliphatic heterocycles. The van der Waals surface area contributed by atoms with E-state index in [9.17, 15) is 0 Å². The Hall–Kier alpha value is -1.48. The lowest BCUT2D eigenvalue weighted by atomic mass is 10.2. The topological polar surface area (TPSA) is 35.2 Å². The number of para-hydroxylation sites is 2. The second-order valence-electron chi connectivity index (χ2n) is 3.57. The number of hydrogen-bond acceptors (Lipinski definition) is 3. The lowest BCUT2D eigenvalue weighted by Crippen LogP contribution is -2.01. The summed E-state index contributed by atoms with van der Waals surface area (Å²) in [7, 11) is 0. The van der Waals surface area contributed by atoms with Crippen LogP contribution in [0.4, 0.5) is 5.69 Å². The smallest absolute Gasteiger partial charge is 0.142 e. The Morgan fingerprint density at radius 3 is 2.75 bits per heavy atom. The van der Waals surface area contributed by atoms with Crippen LogP contribution in [0.15, 0.2) is 41.8 Å². The first kappa shape index (κ1) is 11.0. The van der Waals surface area contributed by atoms with Gasteiger partial charge in [0, 0.05) is 4.88 Å². The first-order valence-corrected chi connectivity index (χ1v) is 6.24. The minimum atomic E-state index is 0.707. The second kappa shape index (κ2) is 5.56. The summed E-state index contributed by atoms with van der Waals surface area (Å²) in [5, 5.41) is 2.10. The van der Waals surface area contributed by atoms with Gasteiger partial charge < -0.3 is 10.5 Å². The molecule has 0 unspecified atom stereocenters. The minimum absolute atomic E-state index is 0.707. The average Bonchev–Trinajstić information content (AvgIpc) is 2.79. The van der Waals surface area contributed by atoms with Gasteiger partial charge in [-0.15, -0.1) is 11.3 Å². The molecule has 3 heteroatoms. The van der Waals surface area contributed by atoms with Crippen molar-refractivity contribution >= 4 is 17.0 Å². The fourth-order valence-electron chi connectivity index (χ4n) is 1.50. The van der Waals surface area contributed by atoms with Gasteiger partial charge in [-0.3, -0.25) is 0 Å². The minimum Gasteiger partial charge on any atom is -0.491 e. The van der Waals surface area contributed by atoms with Crippen molar-refractivity contribution < 1.29 is 4.74 Å². The highest BCUT2D eigenvalue weighted by molar-refractivity contribution is 7.09. The van der Waals surface area contributed by atoms with Crippen molar-refractivity contribution in [3.63, 3.8) is 0 Å². The molecule has 0 saturated carbocycles. The molecule has 0 bridgehead atoms. The summed E-state index contributed by atoms with van der Waals surface area (Å²) in [6.45, 7) is 0.714. The van der Waals surface area contributed by atoms with Crippen LogP contribution in [-0.2, 0) is 6.42 Å². The molecule has 2 nitrogen and oxygen atoms in total. The van der Waals surface area contributed by atoms with E-state index < -0.39 is 0 Å². The van der Waals surface area contributed by atoms with Crippen LogP contribution in [0.3, 0.4) is 0 Å². The molecule has 0 aliphatic carbocycles. The van der Waals surface area contributed by atoms with E-state index >= 15 is 0 Å². The van der Waals surface area contributed by atoms with Gasteiger partial charge in [-0.2, -0.15) is 0 Å². The molecule has 2 rings (SSSR count). The van der Waals surface area contributed by atoms with Crippen molar-refractivity contribution in [2.75, 3.05) is 12.3 Å². The molecular weight excluding hydrogens is 218 g/mol. The van der Waals surface area contributed by atoms with Gasteiger partial charge in [0.1, 0.15) is 5.75 Å². The van der Waals surface area contributed by atoms with Crippen molar-refractivity contribution in [2.45, 2.75) is 12.8 Å². The molecule has 0 spiro atoms. The van der Waals surface area contributed by atoms with E-state index in [0.29, 0.717) is 12.3 Å². The summed E-state index contributed by atoms with van der Waals surface area (Å²) in [5.41, 5.74) is 6.48. The molecule has 1 aromatic carbocycles. The number of hydrogen-bond donors (Lipinski definition) is 1. The monoisotopic (exact) mass is 233 g/mol. The predicted molar refractivity (Wildman–Crippen MR) is 69.0 cm³/mol. The molecule has 0 amide bonds. The van der Waals surface area contributed by atoms with Gasteiger partial charge in [-0.1, -0.05) is 18.2 Å².